The Hall–Kier alpha value is -2.41. The lowest BCUT2D eigenvalue weighted by Crippen LogP contribution is -2.41. The van der Waals surface area contributed by atoms with Crippen LogP contribution in [0.2, 0.25) is 0 Å². The van der Waals surface area contributed by atoms with Gasteiger partial charge in [0.05, 0.1) is 23.1 Å². The molecule has 0 saturated carbocycles. The molecule has 0 aromatic carbocycles. The predicted octanol–water partition coefficient (Wildman–Crippen LogP) is 4.22. The largest absolute Gasteiger partial charge is 0.467 e. The van der Waals surface area contributed by atoms with E-state index in [0.29, 0.717) is 12.6 Å². The summed E-state index contributed by atoms with van der Waals surface area (Å²) in [6, 6.07) is 4.07. The number of likely N-dealkylation sites (tertiary alicyclic amines) is 1. The summed E-state index contributed by atoms with van der Waals surface area (Å²) in [7, 11) is 0. The number of furan rings is 1. The maximum atomic E-state index is 13.1. The average Bonchev–Trinajstić information content (AvgIpc) is 3.28. The van der Waals surface area contributed by atoms with Crippen molar-refractivity contribution >= 4 is 33.3 Å². The fourth-order valence-electron chi connectivity index (χ4n) is 3.52. The minimum atomic E-state index is 0.120. The van der Waals surface area contributed by atoms with Gasteiger partial charge in [0, 0.05) is 12.6 Å². The molecule has 0 unspecified atom stereocenters. The Bertz CT molecular complexity index is 919. The maximum Gasteiger partial charge on any atom is 0.264 e. The molecule has 1 atom stereocenters. The number of carbonyl (C=O) groups excluding carboxylic acids is 1. The van der Waals surface area contributed by atoms with Crippen LogP contribution >= 0.6 is 11.3 Å². The summed E-state index contributed by atoms with van der Waals surface area (Å²) >= 11 is 1.46. The molecular formula is C19H22N4O2S. The molecular weight excluding hydrogens is 348 g/mol. The van der Waals surface area contributed by atoms with Crippen LogP contribution in [0.3, 0.4) is 0 Å². The van der Waals surface area contributed by atoms with E-state index in [-0.39, 0.29) is 5.91 Å². The number of aromatic nitrogens is 2. The molecule has 1 fully saturated rings. The summed E-state index contributed by atoms with van der Waals surface area (Å²) in [6.45, 7) is 5.50. The molecule has 4 heterocycles. The third kappa shape index (κ3) is 3.07. The number of piperidine rings is 1. The van der Waals surface area contributed by atoms with Crippen LogP contribution in [0.5, 0.6) is 0 Å². The van der Waals surface area contributed by atoms with Gasteiger partial charge in [-0.3, -0.25) is 4.79 Å². The zero-order chi connectivity index (χ0) is 18.1. The monoisotopic (exact) mass is 370 g/mol. The van der Waals surface area contributed by atoms with Crippen molar-refractivity contribution in [3.8, 4) is 0 Å². The van der Waals surface area contributed by atoms with Crippen LogP contribution in [0, 0.1) is 6.92 Å². The number of anilines is 1. The zero-order valence-corrected chi connectivity index (χ0v) is 15.8. The zero-order valence-electron chi connectivity index (χ0n) is 15.0. The first-order chi connectivity index (χ1) is 12.6. The normalized spacial score (nSPS) is 17.6. The van der Waals surface area contributed by atoms with Crippen LogP contribution in [0.15, 0.2) is 29.1 Å². The molecule has 136 valence electrons. The minimum absolute atomic E-state index is 0.120. The lowest BCUT2D eigenvalue weighted by molar-refractivity contribution is 0.0640. The summed E-state index contributed by atoms with van der Waals surface area (Å²) < 4.78 is 5.37. The van der Waals surface area contributed by atoms with E-state index in [9.17, 15) is 4.79 Å². The van der Waals surface area contributed by atoms with E-state index in [1.165, 1.54) is 17.8 Å². The highest BCUT2D eigenvalue weighted by Gasteiger charge is 2.28. The standard InChI is InChI=1S/C19H22N4O2S/c1-12-6-3-4-8-23(12)19(24)16-13(2)15-17(21-11-22-18(15)26-16)20-10-14-7-5-9-25-14/h5,7,9,11-12H,3-4,6,8,10H2,1-2H3,(H,20,21,22)/t12-/m0/s1. The van der Waals surface area contributed by atoms with Gasteiger partial charge in [-0.2, -0.15) is 0 Å². The van der Waals surface area contributed by atoms with Gasteiger partial charge in [0.2, 0.25) is 0 Å². The van der Waals surface area contributed by atoms with Crippen LogP contribution < -0.4 is 5.32 Å². The quantitative estimate of drug-likeness (QED) is 0.744. The van der Waals surface area contributed by atoms with Crippen molar-refractivity contribution < 1.29 is 9.21 Å². The van der Waals surface area contributed by atoms with E-state index in [1.54, 1.807) is 12.6 Å². The Morgan fingerprint density at radius 1 is 1.42 bits per heavy atom. The average molecular weight is 370 g/mol. The van der Waals surface area contributed by atoms with E-state index in [2.05, 4.69) is 22.2 Å². The van der Waals surface area contributed by atoms with Crippen molar-refractivity contribution in [3.63, 3.8) is 0 Å². The van der Waals surface area contributed by atoms with Crippen LogP contribution in [0.4, 0.5) is 5.82 Å². The number of carbonyl (C=O) groups is 1. The third-order valence-electron chi connectivity index (χ3n) is 5.00. The summed E-state index contributed by atoms with van der Waals surface area (Å²) in [5.41, 5.74) is 0.954. The predicted molar refractivity (Wildman–Crippen MR) is 103 cm³/mol. The maximum absolute atomic E-state index is 13.1. The van der Waals surface area contributed by atoms with Crippen molar-refractivity contribution in [1.29, 1.82) is 0 Å². The second-order valence-electron chi connectivity index (χ2n) is 6.73. The fourth-order valence-corrected chi connectivity index (χ4v) is 4.63. The van der Waals surface area contributed by atoms with Crippen LogP contribution in [-0.2, 0) is 6.54 Å². The van der Waals surface area contributed by atoms with Gasteiger partial charge < -0.3 is 14.6 Å². The van der Waals surface area contributed by atoms with Crippen LogP contribution in [-0.4, -0.2) is 33.4 Å². The first kappa shape index (κ1) is 17.0. The Kier molecular flexibility index (Phi) is 4.63. The highest BCUT2D eigenvalue weighted by molar-refractivity contribution is 7.20. The second kappa shape index (κ2) is 7.07. The minimum Gasteiger partial charge on any atom is -0.467 e. The number of nitrogens with one attached hydrogen (secondary N) is 1. The summed E-state index contributed by atoms with van der Waals surface area (Å²) in [4.78, 5) is 25.5. The Balaban J connectivity index is 1.65. The second-order valence-corrected chi connectivity index (χ2v) is 7.73. The topological polar surface area (TPSA) is 71.3 Å². The van der Waals surface area contributed by atoms with Crippen LogP contribution in [0.25, 0.3) is 10.2 Å². The summed E-state index contributed by atoms with van der Waals surface area (Å²) in [5.74, 6) is 1.70. The van der Waals surface area contributed by atoms with Gasteiger partial charge in [-0.1, -0.05) is 0 Å². The number of aryl methyl sites for hydroxylation is 1. The molecule has 0 aliphatic carbocycles. The van der Waals surface area contributed by atoms with Gasteiger partial charge in [-0.25, -0.2) is 9.97 Å². The van der Waals surface area contributed by atoms with Gasteiger partial charge in [-0.15, -0.1) is 11.3 Å². The van der Waals surface area contributed by atoms with Gasteiger partial charge >= 0.3 is 0 Å². The Morgan fingerprint density at radius 3 is 3.08 bits per heavy atom. The lowest BCUT2D eigenvalue weighted by Gasteiger charge is -2.33. The molecule has 26 heavy (non-hydrogen) atoms. The first-order valence-corrected chi connectivity index (χ1v) is 9.78. The molecule has 1 N–H and O–H groups in total. The molecule has 1 saturated heterocycles. The van der Waals surface area contributed by atoms with E-state index in [1.807, 2.05) is 24.0 Å². The number of hydrogen-bond donors (Lipinski definition) is 1. The fraction of sp³-hybridized carbons (Fsp3) is 0.421. The molecule has 3 aromatic rings. The molecule has 0 spiro atoms. The highest BCUT2D eigenvalue weighted by Crippen LogP contribution is 2.35. The number of fused-ring (bicyclic) bond motifs is 1. The van der Waals surface area contributed by atoms with Crippen LogP contribution in [0.1, 0.15) is 47.2 Å². The van der Waals surface area contributed by atoms with Crippen molar-refractivity contribution in [2.24, 2.45) is 0 Å². The molecule has 1 aliphatic heterocycles. The third-order valence-corrected chi connectivity index (χ3v) is 6.18. The van der Waals surface area contributed by atoms with Crippen molar-refractivity contribution in [3.05, 3.63) is 40.9 Å². The smallest absolute Gasteiger partial charge is 0.264 e. The lowest BCUT2D eigenvalue weighted by atomic mass is 10.0. The van der Waals surface area contributed by atoms with Gasteiger partial charge in [-0.05, 0) is 50.8 Å². The van der Waals surface area contributed by atoms with Gasteiger partial charge in [0.15, 0.2) is 0 Å². The van der Waals surface area contributed by atoms with Gasteiger partial charge in [0.1, 0.15) is 22.7 Å². The van der Waals surface area contributed by atoms with E-state index in [4.69, 9.17) is 4.42 Å². The number of thiophene rings is 1. The first-order valence-electron chi connectivity index (χ1n) is 8.96. The molecule has 4 rings (SSSR count). The molecule has 7 heteroatoms. The van der Waals surface area contributed by atoms with E-state index >= 15 is 0 Å². The number of nitrogens with zero attached hydrogens (tertiary/aromatic N) is 3. The van der Waals surface area contributed by atoms with Crippen molar-refractivity contribution in [2.75, 3.05) is 11.9 Å². The summed E-state index contributed by atoms with van der Waals surface area (Å²) in [5, 5.41) is 4.24. The molecule has 1 amide bonds. The van der Waals surface area contributed by atoms with Gasteiger partial charge in [0.25, 0.3) is 5.91 Å². The number of amides is 1. The molecule has 0 radical (unpaired) electrons. The van der Waals surface area contributed by atoms with Crippen molar-refractivity contribution in [2.45, 2.75) is 45.7 Å². The molecule has 6 nitrogen and oxygen atoms in total. The highest BCUT2D eigenvalue weighted by atomic mass is 32.1. The SMILES string of the molecule is Cc1c(C(=O)N2CCCC[C@@H]2C)sc2ncnc(NCc3ccco3)c12. The van der Waals surface area contributed by atoms with Crippen molar-refractivity contribution in [1.82, 2.24) is 14.9 Å². The Labute approximate surface area is 156 Å². The summed E-state index contributed by atoms with van der Waals surface area (Å²) in [6.07, 6.45) is 6.55. The van der Waals surface area contributed by atoms with E-state index < -0.39 is 0 Å². The molecule has 1 aliphatic rings. The molecule has 0 bridgehead atoms. The number of hydrogen-bond acceptors (Lipinski definition) is 6. The number of rotatable bonds is 4. The molecule has 3 aromatic heterocycles. The van der Waals surface area contributed by atoms with E-state index in [0.717, 1.165) is 51.6 Å². The Morgan fingerprint density at radius 2 is 2.31 bits per heavy atom.